The third-order valence-electron chi connectivity index (χ3n) is 7.26. The lowest BCUT2D eigenvalue weighted by Crippen LogP contribution is -2.51. The second-order valence-corrected chi connectivity index (χ2v) is 9.53. The van der Waals surface area contributed by atoms with E-state index in [0.717, 1.165) is 48.9 Å². The molecule has 3 aliphatic rings. The van der Waals surface area contributed by atoms with Crippen LogP contribution in [0.25, 0.3) is 11.1 Å². The summed E-state index contributed by atoms with van der Waals surface area (Å²) in [5, 5.41) is 0. The summed E-state index contributed by atoms with van der Waals surface area (Å²) in [6, 6.07) is 9.01. The van der Waals surface area contributed by atoms with E-state index >= 15 is 0 Å². The van der Waals surface area contributed by atoms with Crippen LogP contribution in [-0.2, 0) is 11.3 Å². The van der Waals surface area contributed by atoms with Gasteiger partial charge in [0.15, 0.2) is 0 Å². The molecule has 0 spiro atoms. The third kappa shape index (κ3) is 4.52. The number of ether oxygens (including phenoxy) is 1. The maximum absolute atomic E-state index is 13.2. The van der Waals surface area contributed by atoms with Gasteiger partial charge in [-0.05, 0) is 48.9 Å². The van der Waals surface area contributed by atoms with Gasteiger partial charge in [0.05, 0.1) is 0 Å². The van der Waals surface area contributed by atoms with Crippen LogP contribution >= 0.6 is 0 Å². The van der Waals surface area contributed by atoms with E-state index in [1.165, 1.54) is 24.6 Å². The predicted molar refractivity (Wildman–Crippen MR) is 117 cm³/mol. The van der Waals surface area contributed by atoms with Gasteiger partial charge in [-0.3, -0.25) is 9.59 Å². The van der Waals surface area contributed by atoms with Crippen molar-refractivity contribution in [2.24, 2.45) is 11.8 Å². The van der Waals surface area contributed by atoms with E-state index in [1.54, 1.807) is 22.8 Å². The molecule has 2 bridgehead atoms. The van der Waals surface area contributed by atoms with Gasteiger partial charge >= 0.3 is 6.36 Å². The number of rotatable bonds is 3. The average Bonchev–Trinajstić information content (AvgIpc) is 2.79. The molecule has 2 aliphatic heterocycles. The van der Waals surface area contributed by atoms with Crippen LogP contribution in [0.15, 0.2) is 41.2 Å². The first kappa shape index (κ1) is 22.0. The quantitative estimate of drug-likeness (QED) is 0.652. The topological polar surface area (TPSA) is 51.5 Å². The van der Waals surface area contributed by atoms with Gasteiger partial charge < -0.3 is 14.2 Å². The van der Waals surface area contributed by atoms with Gasteiger partial charge in [-0.25, -0.2) is 0 Å². The molecule has 0 N–H and O–H groups in total. The lowest BCUT2D eigenvalue weighted by atomic mass is 9.79. The highest BCUT2D eigenvalue weighted by atomic mass is 19.4. The number of alkyl halides is 3. The minimum absolute atomic E-state index is 0.0278. The molecule has 1 saturated heterocycles. The Bertz CT molecular complexity index is 1090. The molecule has 0 unspecified atom stereocenters. The molecule has 5 rings (SSSR count). The van der Waals surface area contributed by atoms with Crippen LogP contribution in [0.1, 0.15) is 50.1 Å². The predicted octanol–water partition coefficient (Wildman–Crippen LogP) is 4.94. The second-order valence-electron chi connectivity index (χ2n) is 9.53. The number of aromatic nitrogens is 1. The number of halogens is 3. The van der Waals surface area contributed by atoms with Crippen molar-refractivity contribution in [2.75, 3.05) is 13.1 Å². The largest absolute Gasteiger partial charge is 0.573 e. The number of hydrogen-bond donors (Lipinski definition) is 0. The molecule has 1 aromatic heterocycles. The van der Waals surface area contributed by atoms with E-state index < -0.39 is 6.36 Å². The smallest absolute Gasteiger partial charge is 0.406 e. The number of carbonyl (C=O) groups is 1. The first-order valence-electron chi connectivity index (χ1n) is 11.7. The van der Waals surface area contributed by atoms with Gasteiger partial charge in [0, 0.05) is 48.8 Å². The zero-order chi connectivity index (χ0) is 23.2. The molecule has 2 aromatic rings. The number of hydrogen-bond acceptors (Lipinski definition) is 3. The average molecular weight is 460 g/mol. The summed E-state index contributed by atoms with van der Waals surface area (Å²) in [5.41, 5.74) is 2.35. The van der Waals surface area contributed by atoms with Crippen molar-refractivity contribution in [3.8, 4) is 16.9 Å². The molecular formula is C25H27F3N2O3. The summed E-state index contributed by atoms with van der Waals surface area (Å²) in [5.74, 6) is 0.331. The van der Waals surface area contributed by atoms with Crippen LogP contribution in [0.2, 0.25) is 0 Å². The molecule has 2 fully saturated rings. The van der Waals surface area contributed by atoms with E-state index in [-0.39, 0.29) is 35.0 Å². The van der Waals surface area contributed by atoms with Gasteiger partial charge in [-0.15, -0.1) is 13.2 Å². The van der Waals surface area contributed by atoms with Crippen LogP contribution in [0, 0.1) is 11.8 Å². The number of pyridine rings is 1. The summed E-state index contributed by atoms with van der Waals surface area (Å²) < 4.78 is 43.3. The molecule has 3 heterocycles. The molecule has 176 valence electrons. The summed E-state index contributed by atoms with van der Waals surface area (Å²) in [4.78, 5) is 27.9. The number of carbonyl (C=O) groups excluding carboxylic acids is 1. The van der Waals surface area contributed by atoms with Gasteiger partial charge in [0.25, 0.3) is 5.56 Å². The molecule has 1 aromatic carbocycles. The first-order valence-corrected chi connectivity index (χ1v) is 11.7. The first-order chi connectivity index (χ1) is 15.8. The molecule has 1 amide bonds. The van der Waals surface area contributed by atoms with E-state index in [9.17, 15) is 22.8 Å². The number of benzene rings is 1. The molecule has 0 radical (unpaired) electrons. The number of likely N-dealkylation sites (tertiary alicyclic amines) is 1. The molecule has 1 saturated carbocycles. The molecule has 2 atom stereocenters. The highest BCUT2D eigenvalue weighted by Gasteiger charge is 2.39. The van der Waals surface area contributed by atoms with E-state index in [1.807, 2.05) is 4.90 Å². The van der Waals surface area contributed by atoms with Crippen LogP contribution in [-0.4, -0.2) is 34.8 Å². The monoisotopic (exact) mass is 460 g/mol. The van der Waals surface area contributed by atoms with E-state index in [2.05, 4.69) is 4.74 Å². The Kier molecular flexibility index (Phi) is 5.70. The van der Waals surface area contributed by atoms with Crippen molar-refractivity contribution in [1.82, 2.24) is 9.47 Å². The van der Waals surface area contributed by atoms with Crippen LogP contribution in [0.4, 0.5) is 13.2 Å². The lowest BCUT2D eigenvalue weighted by molar-refractivity contribution is -0.274. The summed E-state index contributed by atoms with van der Waals surface area (Å²) >= 11 is 0. The lowest BCUT2D eigenvalue weighted by Gasteiger charge is -2.44. The third-order valence-corrected chi connectivity index (χ3v) is 7.26. The fourth-order valence-electron chi connectivity index (χ4n) is 5.88. The Morgan fingerprint density at radius 3 is 2.36 bits per heavy atom. The Morgan fingerprint density at radius 1 is 0.939 bits per heavy atom. The van der Waals surface area contributed by atoms with E-state index in [4.69, 9.17) is 0 Å². The van der Waals surface area contributed by atoms with Crippen molar-refractivity contribution in [3.05, 3.63) is 52.4 Å². The summed E-state index contributed by atoms with van der Waals surface area (Å²) in [7, 11) is 0. The molecule has 1 aliphatic carbocycles. The molecule has 33 heavy (non-hydrogen) atoms. The van der Waals surface area contributed by atoms with Crippen molar-refractivity contribution in [2.45, 2.75) is 57.3 Å². The zero-order valence-electron chi connectivity index (χ0n) is 18.3. The van der Waals surface area contributed by atoms with Gasteiger partial charge in [0.2, 0.25) is 5.91 Å². The van der Waals surface area contributed by atoms with Crippen molar-refractivity contribution in [1.29, 1.82) is 0 Å². The van der Waals surface area contributed by atoms with Gasteiger partial charge in [-0.2, -0.15) is 0 Å². The zero-order valence-corrected chi connectivity index (χ0v) is 18.3. The van der Waals surface area contributed by atoms with Crippen LogP contribution in [0.3, 0.4) is 0 Å². The van der Waals surface area contributed by atoms with E-state index in [0.29, 0.717) is 19.6 Å². The Balaban J connectivity index is 1.45. The fraction of sp³-hybridized carbons (Fsp3) is 0.520. The number of fused-ring (bicyclic) bond motifs is 4. The normalized spacial score (nSPS) is 23.2. The van der Waals surface area contributed by atoms with Crippen molar-refractivity contribution in [3.63, 3.8) is 0 Å². The fourth-order valence-corrected chi connectivity index (χ4v) is 5.88. The van der Waals surface area contributed by atoms with Gasteiger partial charge in [-0.1, -0.05) is 31.4 Å². The number of nitrogens with zero attached hydrogens (tertiary/aromatic N) is 2. The molecule has 5 nitrogen and oxygen atoms in total. The summed E-state index contributed by atoms with van der Waals surface area (Å²) in [6.45, 7) is 1.82. The maximum atomic E-state index is 13.2. The Hall–Kier alpha value is -2.77. The highest BCUT2D eigenvalue weighted by molar-refractivity contribution is 5.79. The van der Waals surface area contributed by atoms with Crippen molar-refractivity contribution < 1.29 is 22.7 Å². The number of amides is 1. The summed E-state index contributed by atoms with van der Waals surface area (Å²) in [6.07, 6.45) is 1.48. The Labute approximate surface area is 190 Å². The highest BCUT2D eigenvalue weighted by Crippen LogP contribution is 2.41. The number of piperidine rings is 1. The van der Waals surface area contributed by atoms with Crippen molar-refractivity contribution >= 4 is 5.91 Å². The molecular weight excluding hydrogens is 433 g/mol. The van der Waals surface area contributed by atoms with Crippen LogP contribution < -0.4 is 10.3 Å². The maximum Gasteiger partial charge on any atom is 0.573 e. The SMILES string of the molecule is O=C(C1CCCCC1)N1C[C@@H]2C[C@@H](C1)c1c(-c3ccc(OC(F)(F)F)cc3)ccc(=O)n1C2. The minimum atomic E-state index is -4.74. The van der Waals surface area contributed by atoms with Gasteiger partial charge in [0.1, 0.15) is 5.75 Å². The van der Waals surface area contributed by atoms with Crippen LogP contribution in [0.5, 0.6) is 5.75 Å². The molecule has 8 heteroatoms. The standard InChI is InChI=1S/C25H27F3N2O3/c26-25(27,28)33-20-8-6-17(7-9-20)21-10-11-22(31)30-14-16-12-19(23(21)30)15-29(13-16)24(32)18-4-2-1-3-5-18/h6-11,16,18-19H,1-5,12-15H2/t16-,19-/m0/s1. The minimum Gasteiger partial charge on any atom is -0.406 e. The Morgan fingerprint density at radius 2 is 1.67 bits per heavy atom. The second kappa shape index (κ2) is 8.54.